The molecule has 0 saturated carbocycles. The van der Waals surface area contributed by atoms with Crippen molar-refractivity contribution in [1.29, 1.82) is 0 Å². The molecule has 2 aromatic carbocycles. The van der Waals surface area contributed by atoms with E-state index in [0.717, 1.165) is 12.0 Å². The summed E-state index contributed by atoms with van der Waals surface area (Å²) in [6.07, 6.45) is 0.907. The third-order valence-corrected chi connectivity index (χ3v) is 5.95. The molecule has 4 rings (SSSR count). The molecule has 4 aromatic rings. The number of benzene rings is 2. The molecular weight excluding hydrogens is 426 g/mol. The van der Waals surface area contributed by atoms with Gasteiger partial charge in [-0.05, 0) is 36.6 Å². The summed E-state index contributed by atoms with van der Waals surface area (Å²) in [5.74, 6) is -1.19. The molecule has 0 aliphatic heterocycles. The average molecular weight is 448 g/mol. The molecule has 2 heterocycles. The molecule has 7 heteroatoms. The van der Waals surface area contributed by atoms with Crippen molar-refractivity contribution in [3.05, 3.63) is 87.1 Å². The number of hydrogen-bond acceptors (Lipinski definition) is 6. The van der Waals surface area contributed by atoms with Gasteiger partial charge in [0.05, 0.1) is 6.61 Å². The number of para-hydroxylation sites is 1. The van der Waals surface area contributed by atoms with Gasteiger partial charge in [-0.15, -0.1) is 11.3 Å². The van der Waals surface area contributed by atoms with Crippen molar-refractivity contribution < 1.29 is 18.7 Å². The Hall–Kier alpha value is -3.71. The van der Waals surface area contributed by atoms with Crippen LogP contribution in [0.15, 0.2) is 69.2 Å². The zero-order valence-electron chi connectivity index (χ0n) is 17.6. The Balaban J connectivity index is 1.72. The van der Waals surface area contributed by atoms with E-state index in [1.165, 1.54) is 23.0 Å². The summed E-state index contributed by atoms with van der Waals surface area (Å²) in [4.78, 5) is 38.0. The van der Waals surface area contributed by atoms with Crippen LogP contribution in [0, 0.1) is 0 Å². The Kier molecular flexibility index (Phi) is 6.18. The van der Waals surface area contributed by atoms with Crippen LogP contribution >= 0.6 is 11.3 Å². The number of thiophene rings is 1. The second-order valence-corrected chi connectivity index (χ2v) is 7.94. The van der Waals surface area contributed by atoms with Gasteiger partial charge in [0.1, 0.15) is 21.7 Å². The Labute approximate surface area is 188 Å². The van der Waals surface area contributed by atoms with Crippen molar-refractivity contribution in [3.8, 4) is 11.1 Å². The Morgan fingerprint density at radius 1 is 1.06 bits per heavy atom. The summed E-state index contributed by atoms with van der Waals surface area (Å²) < 4.78 is 10.5. The lowest BCUT2D eigenvalue weighted by Gasteiger charge is -2.09. The molecule has 0 unspecified atom stereocenters. The van der Waals surface area contributed by atoms with E-state index < -0.39 is 17.5 Å². The maximum Gasteiger partial charge on any atom is 0.349 e. The summed E-state index contributed by atoms with van der Waals surface area (Å²) in [5, 5.41) is 5.45. The first-order valence-electron chi connectivity index (χ1n) is 10.2. The van der Waals surface area contributed by atoms with E-state index in [4.69, 9.17) is 9.15 Å². The minimum absolute atomic E-state index is 0.138. The third kappa shape index (κ3) is 4.20. The normalized spacial score (nSPS) is 10.8. The fourth-order valence-electron chi connectivity index (χ4n) is 3.38. The maximum atomic E-state index is 12.9. The number of nitrogens with one attached hydrogen (secondary N) is 1. The number of rotatable bonds is 6. The molecule has 162 valence electrons. The van der Waals surface area contributed by atoms with Crippen molar-refractivity contribution in [3.63, 3.8) is 0 Å². The number of carbonyl (C=O) groups excluding carboxylic acids is 2. The van der Waals surface area contributed by atoms with Crippen LogP contribution < -0.4 is 10.9 Å². The first-order chi connectivity index (χ1) is 15.5. The van der Waals surface area contributed by atoms with Gasteiger partial charge < -0.3 is 14.5 Å². The van der Waals surface area contributed by atoms with Gasteiger partial charge in [0.15, 0.2) is 0 Å². The van der Waals surface area contributed by atoms with Crippen LogP contribution in [-0.2, 0) is 11.2 Å². The Morgan fingerprint density at radius 2 is 1.81 bits per heavy atom. The predicted octanol–water partition coefficient (Wildman–Crippen LogP) is 5.51. The highest BCUT2D eigenvalue weighted by molar-refractivity contribution is 7.15. The van der Waals surface area contributed by atoms with Crippen LogP contribution in [0.4, 0.5) is 5.00 Å². The molecule has 0 spiro atoms. The third-order valence-electron chi connectivity index (χ3n) is 5.06. The van der Waals surface area contributed by atoms with Crippen LogP contribution in [0.2, 0.25) is 0 Å². The number of esters is 1. The molecule has 0 bridgehead atoms. The molecule has 1 N–H and O–H groups in total. The summed E-state index contributed by atoms with van der Waals surface area (Å²) in [5.41, 5.74) is 2.46. The van der Waals surface area contributed by atoms with Gasteiger partial charge in [-0.2, -0.15) is 0 Å². The zero-order valence-corrected chi connectivity index (χ0v) is 18.5. The number of anilines is 1. The topological polar surface area (TPSA) is 85.6 Å². The summed E-state index contributed by atoms with van der Waals surface area (Å²) in [6.45, 7) is 3.99. The molecular formula is C25H21NO5S. The second-order valence-electron chi connectivity index (χ2n) is 7.06. The molecule has 1 amide bonds. The van der Waals surface area contributed by atoms with Gasteiger partial charge >= 0.3 is 11.6 Å². The van der Waals surface area contributed by atoms with E-state index in [2.05, 4.69) is 12.2 Å². The molecule has 2 aromatic heterocycles. The van der Waals surface area contributed by atoms with Crippen molar-refractivity contribution in [2.45, 2.75) is 20.3 Å². The van der Waals surface area contributed by atoms with E-state index in [1.807, 2.05) is 24.3 Å². The van der Waals surface area contributed by atoms with Crippen molar-refractivity contribution >= 4 is 39.2 Å². The highest BCUT2D eigenvalue weighted by Crippen LogP contribution is 2.36. The lowest BCUT2D eigenvalue weighted by Crippen LogP contribution is -2.21. The standard InChI is InChI=1S/C25H21NO5S/c1-3-15-9-11-16(12-10-15)19-14-32-23(21(19)25(29)30-4-2)26-22(27)18-13-17-7-5-6-8-20(17)31-24(18)28/h5-14H,3-4H2,1-2H3,(H,26,27). The van der Waals surface area contributed by atoms with Gasteiger partial charge in [0.25, 0.3) is 5.91 Å². The van der Waals surface area contributed by atoms with Gasteiger partial charge in [-0.25, -0.2) is 9.59 Å². The fourth-order valence-corrected chi connectivity index (χ4v) is 4.33. The minimum Gasteiger partial charge on any atom is -0.462 e. The van der Waals surface area contributed by atoms with Crippen LogP contribution in [0.5, 0.6) is 0 Å². The summed E-state index contributed by atoms with van der Waals surface area (Å²) in [6, 6.07) is 16.3. The van der Waals surface area contributed by atoms with E-state index in [0.29, 0.717) is 21.5 Å². The maximum absolute atomic E-state index is 12.9. The van der Waals surface area contributed by atoms with Crippen molar-refractivity contribution in [1.82, 2.24) is 0 Å². The zero-order chi connectivity index (χ0) is 22.7. The number of fused-ring (bicyclic) bond motifs is 1. The van der Waals surface area contributed by atoms with E-state index in [1.54, 1.807) is 36.6 Å². The molecule has 0 aliphatic rings. The van der Waals surface area contributed by atoms with E-state index in [-0.39, 0.29) is 17.7 Å². The quantitative estimate of drug-likeness (QED) is 0.311. The number of aryl methyl sites for hydroxylation is 1. The number of carbonyl (C=O) groups is 2. The lowest BCUT2D eigenvalue weighted by atomic mass is 10.0. The molecule has 0 radical (unpaired) electrons. The van der Waals surface area contributed by atoms with Crippen LogP contribution in [0.1, 0.15) is 40.1 Å². The molecule has 0 saturated heterocycles. The lowest BCUT2D eigenvalue weighted by molar-refractivity contribution is 0.0529. The van der Waals surface area contributed by atoms with E-state index in [9.17, 15) is 14.4 Å². The monoisotopic (exact) mass is 447 g/mol. The first kappa shape index (κ1) is 21.5. The fraction of sp³-hybridized carbons (Fsp3) is 0.160. The largest absolute Gasteiger partial charge is 0.462 e. The highest BCUT2D eigenvalue weighted by Gasteiger charge is 2.24. The van der Waals surface area contributed by atoms with Crippen molar-refractivity contribution in [2.75, 3.05) is 11.9 Å². The Bertz CT molecular complexity index is 1350. The first-order valence-corrected chi connectivity index (χ1v) is 11.1. The number of ether oxygens (including phenoxy) is 1. The molecule has 6 nitrogen and oxygen atoms in total. The molecule has 32 heavy (non-hydrogen) atoms. The average Bonchev–Trinajstić information content (AvgIpc) is 3.22. The molecule has 0 fully saturated rings. The second kappa shape index (κ2) is 9.20. The summed E-state index contributed by atoms with van der Waals surface area (Å²) in [7, 11) is 0. The number of amides is 1. The SMILES string of the molecule is CCOC(=O)c1c(-c2ccc(CC)cc2)csc1NC(=O)c1cc2ccccc2oc1=O. The molecule has 0 aliphatic carbocycles. The van der Waals surface area contributed by atoms with E-state index >= 15 is 0 Å². The smallest absolute Gasteiger partial charge is 0.349 e. The number of hydrogen-bond donors (Lipinski definition) is 1. The van der Waals surface area contributed by atoms with Crippen LogP contribution in [-0.4, -0.2) is 18.5 Å². The van der Waals surface area contributed by atoms with Gasteiger partial charge in [0, 0.05) is 16.3 Å². The highest BCUT2D eigenvalue weighted by atomic mass is 32.1. The van der Waals surface area contributed by atoms with Crippen molar-refractivity contribution in [2.24, 2.45) is 0 Å². The van der Waals surface area contributed by atoms with Gasteiger partial charge in [0.2, 0.25) is 0 Å². The van der Waals surface area contributed by atoms with Crippen LogP contribution in [0.25, 0.3) is 22.1 Å². The molecule has 0 atom stereocenters. The summed E-state index contributed by atoms with van der Waals surface area (Å²) >= 11 is 1.20. The van der Waals surface area contributed by atoms with Gasteiger partial charge in [-0.1, -0.05) is 49.4 Å². The minimum atomic E-state index is -0.745. The predicted molar refractivity (Wildman–Crippen MR) is 126 cm³/mol. The van der Waals surface area contributed by atoms with Gasteiger partial charge in [-0.3, -0.25) is 4.79 Å². The Morgan fingerprint density at radius 3 is 2.53 bits per heavy atom. The van der Waals surface area contributed by atoms with Crippen LogP contribution in [0.3, 0.4) is 0 Å².